The molecule has 0 saturated carbocycles. The summed E-state index contributed by atoms with van der Waals surface area (Å²) in [5, 5.41) is 8.07. The first-order valence-corrected chi connectivity index (χ1v) is 10.1. The SMILES string of the molecule is Cn1ncc(-c2nc(-c3cccc(S(=O)(=O)O)c3)no2)c1COc1ccc(F)cc1. The van der Waals surface area contributed by atoms with Crippen molar-refractivity contribution in [1.82, 2.24) is 19.9 Å². The van der Waals surface area contributed by atoms with Crippen LogP contribution in [0.3, 0.4) is 0 Å². The standard InChI is InChI=1S/C19H15FN4O5S/c1-24-17(11-28-14-7-5-13(20)6-8-14)16(10-21-24)19-22-18(23-29-19)12-3-2-4-15(9-12)30(25,26)27/h2-10H,11H2,1H3,(H,25,26,27). The Bertz CT molecular complexity index is 1300. The van der Waals surface area contributed by atoms with Gasteiger partial charge in [0.1, 0.15) is 18.2 Å². The van der Waals surface area contributed by atoms with Crippen LogP contribution in [-0.2, 0) is 23.8 Å². The lowest BCUT2D eigenvalue weighted by Crippen LogP contribution is -2.04. The van der Waals surface area contributed by atoms with Crippen LogP contribution in [0.25, 0.3) is 22.8 Å². The Morgan fingerprint density at radius 3 is 2.70 bits per heavy atom. The number of rotatable bonds is 6. The third-order valence-corrected chi connectivity index (χ3v) is 5.15. The molecule has 0 aliphatic rings. The van der Waals surface area contributed by atoms with E-state index in [1.807, 2.05) is 0 Å². The highest BCUT2D eigenvalue weighted by Gasteiger charge is 2.19. The average molecular weight is 430 g/mol. The minimum absolute atomic E-state index is 0.118. The molecule has 4 aromatic rings. The molecular formula is C19H15FN4O5S. The van der Waals surface area contributed by atoms with Gasteiger partial charge in [0.05, 0.1) is 22.3 Å². The van der Waals surface area contributed by atoms with Gasteiger partial charge < -0.3 is 9.26 Å². The summed E-state index contributed by atoms with van der Waals surface area (Å²) in [7, 11) is -2.64. The molecule has 1 N–H and O–H groups in total. The maximum Gasteiger partial charge on any atom is 0.294 e. The van der Waals surface area contributed by atoms with Crippen molar-refractivity contribution in [3.8, 4) is 28.6 Å². The highest BCUT2D eigenvalue weighted by Crippen LogP contribution is 2.27. The Balaban J connectivity index is 1.61. The summed E-state index contributed by atoms with van der Waals surface area (Å²) in [5.41, 5.74) is 1.53. The zero-order valence-corrected chi connectivity index (χ0v) is 16.4. The first-order chi connectivity index (χ1) is 14.3. The molecule has 2 aromatic carbocycles. The molecule has 0 aliphatic heterocycles. The van der Waals surface area contributed by atoms with Crippen LogP contribution in [0.1, 0.15) is 5.69 Å². The largest absolute Gasteiger partial charge is 0.487 e. The summed E-state index contributed by atoms with van der Waals surface area (Å²) >= 11 is 0. The van der Waals surface area contributed by atoms with E-state index in [1.165, 1.54) is 48.7 Å². The second-order valence-electron chi connectivity index (χ2n) is 6.30. The molecule has 0 amide bonds. The van der Waals surface area contributed by atoms with Gasteiger partial charge in [-0.2, -0.15) is 18.5 Å². The van der Waals surface area contributed by atoms with Gasteiger partial charge in [-0.15, -0.1) is 0 Å². The first kappa shape index (κ1) is 19.7. The number of benzene rings is 2. The van der Waals surface area contributed by atoms with E-state index in [1.54, 1.807) is 17.8 Å². The number of halogens is 1. The second-order valence-corrected chi connectivity index (χ2v) is 7.72. The van der Waals surface area contributed by atoms with Gasteiger partial charge in [0, 0.05) is 12.6 Å². The quantitative estimate of drug-likeness (QED) is 0.463. The minimum atomic E-state index is -4.36. The van der Waals surface area contributed by atoms with Gasteiger partial charge in [-0.3, -0.25) is 9.23 Å². The molecule has 0 radical (unpaired) electrons. The maximum absolute atomic E-state index is 13.0. The van der Waals surface area contributed by atoms with Crippen molar-refractivity contribution in [3.05, 3.63) is 66.2 Å². The summed E-state index contributed by atoms with van der Waals surface area (Å²) < 4.78 is 57.5. The van der Waals surface area contributed by atoms with Gasteiger partial charge in [-0.05, 0) is 36.4 Å². The number of nitrogens with zero attached hydrogens (tertiary/aromatic N) is 4. The zero-order chi connectivity index (χ0) is 21.3. The number of hydrogen-bond donors (Lipinski definition) is 1. The first-order valence-electron chi connectivity index (χ1n) is 8.62. The summed E-state index contributed by atoms with van der Waals surface area (Å²) in [6.07, 6.45) is 1.54. The molecule has 0 fully saturated rings. The van der Waals surface area contributed by atoms with E-state index < -0.39 is 10.1 Å². The van der Waals surface area contributed by atoms with E-state index in [-0.39, 0.29) is 29.0 Å². The maximum atomic E-state index is 13.0. The number of aryl methyl sites for hydroxylation is 1. The topological polar surface area (TPSA) is 120 Å². The molecule has 30 heavy (non-hydrogen) atoms. The molecule has 2 heterocycles. The average Bonchev–Trinajstić information content (AvgIpc) is 3.34. The minimum Gasteiger partial charge on any atom is -0.487 e. The molecule has 11 heteroatoms. The fourth-order valence-electron chi connectivity index (χ4n) is 2.74. The van der Waals surface area contributed by atoms with Crippen LogP contribution in [0, 0.1) is 5.82 Å². The lowest BCUT2D eigenvalue weighted by atomic mass is 10.2. The molecule has 0 saturated heterocycles. The Morgan fingerprint density at radius 1 is 1.20 bits per heavy atom. The Labute approximate surface area is 170 Å². The predicted molar refractivity (Wildman–Crippen MR) is 102 cm³/mol. The van der Waals surface area contributed by atoms with Crippen LogP contribution >= 0.6 is 0 Å². The van der Waals surface area contributed by atoms with E-state index in [4.69, 9.17) is 9.26 Å². The molecule has 154 valence electrons. The van der Waals surface area contributed by atoms with Crippen LogP contribution in [-0.4, -0.2) is 32.9 Å². The van der Waals surface area contributed by atoms with Crippen molar-refractivity contribution < 1.29 is 26.6 Å². The molecule has 0 aliphatic carbocycles. The molecule has 0 unspecified atom stereocenters. The summed E-state index contributed by atoms with van der Waals surface area (Å²) in [4.78, 5) is 4.03. The van der Waals surface area contributed by atoms with E-state index >= 15 is 0 Å². The van der Waals surface area contributed by atoms with E-state index in [0.29, 0.717) is 22.6 Å². The van der Waals surface area contributed by atoms with Gasteiger partial charge in [-0.25, -0.2) is 4.39 Å². The van der Waals surface area contributed by atoms with Crippen molar-refractivity contribution in [3.63, 3.8) is 0 Å². The Hall–Kier alpha value is -3.57. The number of hydrogen-bond acceptors (Lipinski definition) is 7. The third-order valence-electron chi connectivity index (χ3n) is 4.30. The van der Waals surface area contributed by atoms with Crippen molar-refractivity contribution in [2.45, 2.75) is 11.5 Å². The van der Waals surface area contributed by atoms with Crippen molar-refractivity contribution in [2.24, 2.45) is 7.05 Å². The van der Waals surface area contributed by atoms with Crippen molar-refractivity contribution >= 4 is 10.1 Å². The fourth-order valence-corrected chi connectivity index (χ4v) is 3.27. The molecule has 0 bridgehead atoms. The molecule has 0 spiro atoms. The van der Waals surface area contributed by atoms with E-state index in [9.17, 15) is 17.4 Å². The van der Waals surface area contributed by atoms with Crippen molar-refractivity contribution in [1.29, 1.82) is 0 Å². The van der Waals surface area contributed by atoms with Crippen molar-refractivity contribution in [2.75, 3.05) is 0 Å². The normalized spacial score (nSPS) is 11.6. The Kier molecular flexibility index (Phi) is 5.06. The predicted octanol–water partition coefficient (Wildman–Crippen LogP) is 3.10. The van der Waals surface area contributed by atoms with E-state index in [0.717, 1.165) is 0 Å². The van der Waals surface area contributed by atoms with Gasteiger partial charge in [0.2, 0.25) is 5.82 Å². The van der Waals surface area contributed by atoms with E-state index in [2.05, 4.69) is 15.2 Å². The fraction of sp³-hybridized carbons (Fsp3) is 0.105. The highest BCUT2D eigenvalue weighted by molar-refractivity contribution is 7.85. The Morgan fingerprint density at radius 2 is 1.97 bits per heavy atom. The molecular weight excluding hydrogens is 415 g/mol. The van der Waals surface area contributed by atoms with Crippen LogP contribution < -0.4 is 4.74 Å². The highest BCUT2D eigenvalue weighted by atomic mass is 32.2. The molecule has 0 atom stereocenters. The van der Waals surface area contributed by atoms with Crippen LogP contribution in [0.5, 0.6) is 5.75 Å². The molecule has 4 rings (SSSR count). The third kappa shape index (κ3) is 4.07. The molecule has 9 nitrogen and oxygen atoms in total. The number of aromatic nitrogens is 4. The smallest absolute Gasteiger partial charge is 0.294 e. The van der Waals surface area contributed by atoms with Crippen LogP contribution in [0.2, 0.25) is 0 Å². The second kappa shape index (κ2) is 7.69. The summed E-state index contributed by atoms with van der Waals surface area (Å²) in [6, 6.07) is 11.2. The summed E-state index contributed by atoms with van der Waals surface area (Å²) in [6.45, 7) is 0.118. The summed E-state index contributed by atoms with van der Waals surface area (Å²) in [5.74, 6) is 0.426. The van der Waals surface area contributed by atoms with Crippen LogP contribution in [0.15, 0.2) is 64.1 Å². The lowest BCUT2D eigenvalue weighted by Gasteiger charge is -2.07. The monoisotopic (exact) mass is 430 g/mol. The van der Waals surface area contributed by atoms with Gasteiger partial charge in [0.25, 0.3) is 16.0 Å². The lowest BCUT2D eigenvalue weighted by molar-refractivity contribution is 0.294. The molecule has 2 aromatic heterocycles. The number of ether oxygens (including phenoxy) is 1. The van der Waals surface area contributed by atoms with Gasteiger partial charge in [-0.1, -0.05) is 17.3 Å². The van der Waals surface area contributed by atoms with Gasteiger partial charge >= 0.3 is 0 Å². The zero-order valence-electron chi connectivity index (χ0n) is 15.6. The van der Waals surface area contributed by atoms with Gasteiger partial charge in [0.15, 0.2) is 0 Å². The van der Waals surface area contributed by atoms with Crippen LogP contribution in [0.4, 0.5) is 4.39 Å².